The van der Waals surface area contributed by atoms with Crippen LogP contribution in [0.3, 0.4) is 0 Å². The zero-order valence-electron chi connectivity index (χ0n) is 23.1. The molecule has 13 heteroatoms. The van der Waals surface area contributed by atoms with Crippen LogP contribution in [0.1, 0.15) is 59.1 Å². The summed E-state index contributed by atoms with van der Waals surface area (Å²) < 4.78 is 5.28. The van der Waals surface area contributed by atoms with Gasteiger partial charge in [-0.15, -0.1) is 4.90 Å². The monoisotopic (exact) mass is 565 g/mol. The van der Waals surface area contributed by atoms with Crippen LogP contribution in [0.2, 0.25) is 5.15 Å². The topological polar surface area (TPSA) is 160 Å². The molecule has 2 aromatic rings. The average molecular weight is 566 g/mol. The molecule has 2 atom stereocenters. The van der Waals surface area contributed by atoms with Gasteiger partial charge in [0.15, 0.2) is 5.82 Å². The number of hydrazine groups is 1. The number of aliphatic hydroxyl groups is 2. The minimum Gasteiger partial charge on any atom is -0.497 e. The standard InChI is InChI=1S/C26H36ClN5O7/c1-24(2,3)26(12-16(34)14-33)18-19(27)28-21(31(22(35)36)23(37)38)29-20(18)30(32(26)25(4,5)6)13-15-8-10-17(39-7)11-9-15/h8-11,16,33-34H,12-14H2,1-7H3,(H,35,36)(H,37,38). The van der Waals surface area contributed by atoms with Crippen LogP contribution in [0.25, 0.3) is 0 Å². The Morgan fingerprint density at radius 2 is 1.64 bits per heavy atom. The molecule has 2 unspecified atom stereocenters. The number of fused-ring (bicyclic) bond motifs is 1. The Hall–Kier alpha value is -3.19. The van der Waals surface area contributed by atoms with E-state index < -0.39 is 47.3 Å². The van der Waals surface area contributed by atoms with Gasteiger partial charge in [0.25, 0.3) is 0 Å². The number of anilines is 2. The number of nitrogens with zero attached hydrogens (tertiary/aromatic N) is 5. The first kappa shape index (κ1) is 30.4. The van der Waals surface area contributed by atoms with Crippen LogP contribution in [0, 0.1) is 5.41 Å². The summed E-state index contributed by atoms with van der Waals surface area (Å²) in [4.78, 5) is 32.2. The van der Waals surface area contributed by atoms with Crippen LogP contribution in [-0.4, -0.2) is 72.9 Å². The lowest BCUT2D eigenvalue weighted by molar-refractivity contribution is -0.0958. The SMILES string of the molecule is COc1ccc(CN2c3nc(N(C(=O)O)C(=O)O)nc(Cl)c3C(CC(O)CO)(C(C)(C)C)N2C(C)(C)C)cc1. The second-order valence-corrected chi connectivity index (χ2v) is 11.8. The minimum absolute atomic E-state index is 0.00118. The molecule has 2 heterocycles. The highest BCUT2D eigenvalue weighted by atomic mass is 35.5. The number of benzene rings is 1. The Kier molecular flexibility index (Phi) is 8.37. The number of amides is 2. The highest BCUT2D eigenvalue weighted by molar-refractivity contribution is 6.31. The molecule has 0 spiro atoms. The third-order valence-corrected chi connectivity index (χ3v) is 7.06. The smallest absolute Gasteiger partial charge is 0.424 e. The van der Waals surface area contributed by atoms with Crippen molar-refractivity contribution in [3.8, 4) is 5.75 Å². The van der Waals surface area contributed by atoms with E-state index in [1.807, 2.05) is 63.7 Å². The van der Waals surface area contributed by atoms with Crippen LogP contribution in [0.15, 0.2) is 24.3 Å². The molecule has 1 aliphatic rings. The number of ether oxygens (including phenoxy) is 1. The molecule has 0 saturated carbocycles. The number of aliphatic hydroxyl groups excluding tert-OH is 2. The average Bonchev–Trinajstić information content (AvgIpc) is 3.09. The van der Waals surface area contributed by atoms with Crippen molar-refractivity contribution >= 4 is 35.6 Å². The van der Waals surface area contributed by atoms with Crippen molar-refractivity contribution in [1.82, 2.24) is 15.0 Å². The van der Waals surface area contributed by atoms with E-state index in [0.717, 1.165) is 5.56 Å². The number of aromatic nitrogens is 2. The maximum Gasteiger partial charge on any atom is 0.424 e. The zero-order chi connectivity index (χ0) is 29.5. The summed E-state index contributed by atoms with van der Waals surface area (Å²) in [5, 5.41) is 43.5. The van der Waals surface area contributed by atoms with Crippen LogP contribution in [-0.2, 0) is 12.1 Å². The summed E-state index contributed by atoms with van der Waals surface area (Å²) >= 11 is 6.79. The van der Waals surface area contributed by atoms with E-state index in [9.17, 15) is 30.0 Å². The fraction of sp³-hybridized carbons (Fsp3) is 0.538. The van der Waals surface area contributed by atoms with Gasteiger partial charge in [0.2, 0.25) is 5.95 Å². The normalized spacial score (nSPS) is 18.6. The van der Waals surface area contributed by atoms with Crippen molar-refractivity contribution in [1.29, 1.82) is 0 Å². The molecule has 0 fully saturated rings. The summed E-state index contributed by atoms with van der Waals surface area (Å²) in [6.45, 7) is 11.5. The van der Waals surface area contributed by atoms with Crippen LogP contribution >= 0.6 is 11.6 Å². The van der Waals surface area contributed by atoms with Gasteiger partial charge in [0.1, 0.15) is 10.9 Å². The third-order valence-electron chi connectivity index (χ3n) is 6.79. The molecule has 3 rings (SSSR count). The van der Waals surface area contributed by atoms with Gasteiger partial charge < -0.3 is 25.2 Å². The molecular weight excluding hydrogens is 530 g/mol. The lowest BCUT2D eigenvalue weighted by Gasteiger charge is -2.55. The van der Waals surface area contributed by atoms with Crippen molar-refractivity contribution in [2.24, 2.45) is 5.41 Å². The largest absolute Gasteiger partial charge is 0.497 e. The first-order chi connectivity index (χ1) is 18.0. The van der Waals surface area contributed by atoms with Gasteiger partial charge in [-0.2, -0.15) is 9.97 Å². The van der Waals surface area contributed by atoms with Crippen molar-refractivity contribution in [3.05, 3.63) is 40.5 Å². The van der Waals surface area contributed by atoms with Crippen molar-refractivity contribution < 1.29 is 34.8 Å². The molecule has 1 aromatic heterocycles. The molecule has 2 amide bonds. The fourth-order valence-electron chi connectivity index (χ4n) is 5.29. The van der Waals surface area contributed by atoms with Gasteiger partial charge in [-0.05, 0) is 43.9 Å². The van der Waals surface area contributed by atoms with E-state index in [1.54, 1.807) is 19.2 Å². The summed E-state index contributed by atoms with van der Waals surface area (Å²) in [6.07, 6.45) is -4.69. The van der Waals surface area contributed by atoms with Gasteiger partial charge >= 0.3 is 12.2 Å². The van der Waals surface area contributed by atoms with Gasteiger partial charge in [0.05, 0.1) is 37.5 Å². The molecular formula is C26H36ClN5O7. The molecule has 0 bridgehead atoms. The fourth-order valence-corrected chi connectivity index (χ4v) is 5.61. The molecule has 1 aromatic carbocycles. The number of hydrogen-bond donors (Lipinski definition) is 4. The van der Waals surface area contributed by atoms with Crippen LogP contribution in [0.5, 0.6) is 5.75 Å². The summed E-state index contributed by atoms with van der Waals surface area (Å²) in [6, 6.07) is 7.33. The van der Waals surface area contributed by atoms with Gasteiger partial charge in [-0.25, -0.2) is 14.6 Å². The number of imide groups is 1. The molecule has 12 nitrogen and oxygen atoms in total. The van der Waals surface area contributed by atoms with E-state index in [-0.39, 0.29) is 28.8 Å². The number of hydrogen-bond acceptors (Lipinski definition) is 9. The predicted octanol–water partition coefficient (Wildman–Crippen LogP) is 4.32. The highest BCUT2D eigenvalue weighted by Gasteiger charge is 2.62. The Bertz CT molecular complexity index is 1210. The van der Waals surface area contributed by atoms with Crippen LogP contribution in [0.4, 0.5) is 21.4 Å². The van der Waals surface area contributed by atoms with Crippen molar-refractivity contribution in [3.63, 3.8) is 0 Å². The molecule has 0 saturated heterocycles. The second-order valence-electron chi connectivity index (χ2n) is 11.5. The maximum atomic E-state index is 11.8. The number of methoxy groups -OCH3 is 1. The van der Waals surface area contributed by atoms with Crippen molar-refractivity contribution in [2.75, 3.05) is 23.6 Å². The first-order valence-corrected chi connectivity index (χ1v) is 12.7. The predicted molar refractivity (Wildman–Crippen MR) is 145 cm³/mol. The molecule has 214 valence electrons. The van der Waals surface area contributed by atoms with E-state index in [4.69, 9.17) is 16.3 Å². The Morgan fingerprint density at radius 3 is 2.08 bits per heavy atom. The zero-order valence-corrected chi connectivity index (χ0v) is 23.9. The highest BCUT2D eigenvalue weighted by Crippen LogP contribution is 2.60. The summed E-state index contributed by atoms with van der Waals surface area (Å²) in [5.41, 5.74) is -1.17. The first-order valence-electron chi connectivity index (χ1n) is 12.3. The molecule has 1 aliphatic heterocycles. The van der Waals surface area contributed by atoms with Crippen LogP contribution < -0.4 is 14.6 Å². The van der Waals surface area contributed by atoms with E-state index in [1.165, 1.54) is 0 Å². The summed E-state index contributed by atoms with van der Waals surface area (Å²) in [5.74, 6) is 0.234. The van der Waals surface area contributed by atoms with E-state index in [2.05, 4.69) is 9.97 Å². The Labute approximate surface area is 232 Å². The number of carbonyl (C=O) groups is 2. The molecule has 0 radical (unpaired) electrons. The molecule has 39 heavy (non-hydrogen) atoms. The third kappa shape index (κ3) is 5.46. The van der Waals surface area contributed by atoms with E-state index in [0.29, 0.717) is 11.3 Å². The second kappa shape index (κ2) is 10.8. The lowest BCUT2D eigenvalue weighted by Crippen LogP contribution is -2.64. The van der Waals surface area contributed by atoms with Gasteiger partial charge in [0, 0.05) is 12.0 Å². The van der Waals surface area contributed by atoms with Gasteiger partial charge in [-0.3, -0.25) is 5.01 Å². The number of carboxylic acid groups (broad SMARTS) is 2. The Morgan fingerprint density at radius 1 is 1.08 bits per heavy atom. The number of rotatable bonds is 7. The number of halogens is 1. The van der Waals surface area contributed by atoms with Crippen molar-refractivity contribution in [2.45, 2.75) is 71.7 Å². The maximum absolute atomic E-state index is 11.8. The summed E-state index contributed by atoms with van der Waals surface area (Å²) in [7, 11) is 1.56. The van der Waals surface area contributed by atoms with E-state index >= 15 is 0 Å². The lowest BCUT2D eigenvalue weighted by atomic mass is 9.66. The Balaban J connectivity index is 2.42. The molecule has 0 aliphatic carbocycles. The molecule has 4 N–H and O–H groups in total. The quantitative estimate of drug-likeness (QED) is 0.354. The van der Waals surface area contributed by atoms with Gasteiger partial charge in [-0.1, -0.05) is 44.5 Å². The minimum atomic E-state index is -1.79.